The number of benzene rings is 1. The summed E-state index contributed by atoms with van der Waals surface area (Å²) < 4.78 is 6.52. The minimum atomic E-state index is 0.487. The van der Waals surface area contributed by atoms with Gasteiger partial charge in [-0.15, -0.1) is 0 Å². The van der Waals surface area contributed by atoms with Gasteiger partial charge in [-0.3, -0.25) is 0 Å². The van der Waals surface area contributed by atoms with Gasteiger partial charge in [-0.1, -0.05) is 29.8 Å². The molecule has 2 nitrogen and oxygen atoms in total. The van der Waals surface area contributed by atoms with E-state index in [1.807, 2.05) is 6.07 Å². The fraction of sp³-hybridized carbons (Fsp3) is 0.625. The Kier molecular flexibility index (Phi) is 6.79. The Morgan fingerprint density at radius 1 is 1.38 bits per heavy atom. The van der Waals surface area contributed by atoms with E-state index in [0.717, 1.165) is 22.7 Å². The van der Waals surface area contributed by atoms with Crippen LogP contribution in [-0.2, 0) is 6.42 Å². The van der Waals surface area contributed by atoms with Gasteiger partial charge in [0.2, 0.25) is 0 Å². The topological polar surface area (TPSA) is 21.3 Å². The molecule has 1 aromatic rings. The summed E-state index contributed by atoms with van der Waals surface area (Å²) in [5, 5.41) is 5.66. The molecular weight excluding hydrogens is 366 g/mol. The van der Waals surface area contributed by atoms with Crippen molar-refractivity contribution >= 4 is 39.5 Å². The summed E-state index contributed by atoms with van der Waals surface area (Å²) in [6.07, 6.45) is 1.02. The Bertz CT molecular complexity index is 472. The zero-order valence-electron chi connectivity index (χ0n) is 13.1. The van der Waals surface area contributed by atoms with Gasteiger partial charge in [0.1, 0.15) is 5.75 Å². The predicted octanol–water partition coefficient (Wildman–Crippen LogP) is 4.21. The average molecular weight is 390 g/mol. The number of hydrogen-bond acceptors (Lipinski definition) is 4. The molecule has 1 saturated heterocycles. The third-order valence-electron chi connectivity index (χ3n) is 4.09. The van der Waals surface area contributed by atoms with Crippen LogP contribution >= 0.6 is 39.5 Å². The number of likely N-dealkylation sites (N-methyl/N-ethyl adjacent to an activating group) is 1. The van der Waals surface area contributed by atoms with Gasteiger partial charge >= 0.3 is 0 Å². The van der Waals surface area contributed by atoms with Crippen molar-refractivity contribution in [2.45, 2.75) is 42.1 Å². The molecule has 4 unspecified atom stereocenters. The molecule has 1 N–H and O–H groups in total. The average Bonchev–Trinajstić information content (AvgIpc) is 2.49. The lowest BCUT2D eigenvalue weighted by Crippen LogP contribution is -2.43. The smallest absolute Gasteiger partial charge is 0.119 e. The first kappa shape index (κ1) is 17.5. The zero-order valence-corrected chi connectivity index (χ0v) is 16.3. The van der Waals surface area contributed by atoms with Crippen LogP contribution in [0, 0.1) is 0 Å². The van der Waals surface area contributed by atoms with Gasteiger partial charge in [0.05, 0.1) is 7.11 Å². The van der Waals surface area contributed by atoms with Gasteiger partial charge in [0.15, 0.2) is 0 Å². The summed E-state index contributed by atoms with van der Waals surface area (Å²) in [5.74, 6) is 2.15. The minimum Gasteiger partial charge on any atom is -0.497 e. The van der Waals surface area contributed by atoms with Crippen LogP contribution in [-0.4, -0.2) is 41.7 Å². The second-order valence-corrected chi connectivity index (χ2v) is 9.36. The van der Waals surface area contributed by atoms with E-state index in [2.05, 4.69) is 77.8 Å². The lowest BCUT2D eigenvalue weighted by atomic mass is 10.0. The molecule has 4 atom stereocenters. The van der Waals surface area contributed by atoms with Gasteiger partial charge in [-0.2, -0.15) is 23.5 Å². The first-order valence-electron chi connectivity index (χ1n) is 7.32. The summed E-state index contributed by atoms with van der Waals surface area (Å²) >= 11 is 7.90. The van der Waals surface area contributed by atoms with Crippen molar-refractivity contribution < 1.29 is 4.74 Å². The zero-order chi connectivity index (χ0) is 15.4. The van der Waals surface area contributed by atoms with Crippen LogP contribution in [0.25, 0.3) is 0 Å². The van der Waals surface area contributed by atoms with Crippen LogP contribution in [0.2, 0.25) is 0 Å². The van der Waals surface area contributed by atoms with Crippen molar-refractivity contribution in [3.8, 4) is 5.75 Å². The molecule has 0 aromatic heterocycles. The van der Waals surface area contributed by atoms with Crippen LogP contribution < -0.4 is 10.1 Å². The summed E-state index contributed by atoms with van der Waals surface area (Å²) in [5.41, 5.74) is 1.31. The van der Waals surface area contributed by atoms with Crippen molar-refractivity contribution in [1.82, 2.24) is 5.32 Å². The van der Waals surface area contributed by atoms with E-state index in [9.17, 15) is 0 Å². The summed E-state index contributed by atoms with van der Waals surface area (Å²) in [6, 6.07) is 6.70. The van der Waals surface area contributed by atoms with Gasteiger partial charge in [-0.25, -0.2) is 0 Å². The molecule has 0 saturated carbocycles. The first-order valence-corrected chi connectivity index (χ1v) is 10.1. The number of halogens is 1. The van der Waals surface area contributed by atoms with Crippen LogP contribution in [0.4, 0.5) is 0 Å². The van der Waals surface area contributed by atoms with Crippen molar-refractivity contribution in [3.05, 3.63) is 28.2 Å². The molecule has 0 spiro atoms. The van der Waals surface area contributed by atoms with E-state index in [1.54, 1.807) is 7.11 Å². The van der Waals surface area contributed by atoms with E-state index >= 15 is 0 Å². The Balaban J connectivity index is 2.08. The van der Waals surface area contributed by atoms with Crippen LogP contribution in [0.15, 0.2) is 22.7 Å². The number of rotatable bonds is 5. The number of ether oxygens (including phenoxy) is 1. The summed E-state index contributed by atoms with van der Waals surface area (Å²) in [4.78, 5) is 0. The second kappa shape index (κ2) is 8.14. The van der Waals surface area contributed by atoms with Gasteiger partial charge in [-0.05, 0) is 37.2 Å². The van der Waals surface area contributed by atoms with Gasteiger partial charge in [0, 0.05) is 32.0 Å². The van der Waals surface area contributed by atoms with Gasteiger partial charge in [0.25, 0.3) is 0 Å². The summed E-state index contributed by atoms with van der Waals surface area (Å²) in [6.45, 7) is 4.69. The van der Waals surface area contributed by atoms with Crippen molar-refractivity contribution in [3.63, 3.8) is 0 Å². The van der Waals surface area contributed by atoms with E-state index in [4.69, 9.17) is 4.74 Å². The highest BCUT2D eigenvalue weighted by Gasteiger charge is 2.30. The van der Waals surface area contributed by atoms with Crippen LogP contribution in [0.5, 0.6) is 5.75 Å². The van der Waals surface area contributed by atoms with E-state index in [0.29, 0.717) is 11.3 Å². The Labute approximate surface area is 145 Å². The molecule has 1 aromatic carbocycles. The fourth-order valence-corrected chi connectivity index (χ4v) is 6.09. The largest absolute Gasteiger partial charge is 0.497 e. The molecule has 5 heteroatoms. The second-order valence-electron chi connectivity index (χ2n) is 5.47. The number of nitrogens with one attached hydrogen (secondary N) is 1. The highest BCUT2D eigenvalue weighted by Crippen LogP contribution is 2.38. The summed E-state index contributed by atoms with van der Waals surface area (Å²) in [7, 11) is 3.80. The molecule has 118 valence electrons. The molecule has 2 rings (SSSR count). The quantitative estimate of drug-likeness (QED) is 0.813. The monoisotopic (exact) mass is 389 g/mol. The van der Waals surface area contributed by atoms with Crippen molar-refractivity contribution in [1.29, 1.82) is 0 Å². The molecule has 0 bridgehead atoms. The molecular formula is C16H24BrNOS2. The molecule has 0 aliphatic carbocycles. The lowest BCUT2D eigenvalue weighted by Gasteiger charge is -2.36. The maximum absolute atomic E-state index is 5.35. The first-order chi connectivity index (χ1) is 10.0. The maximum Gasteiger partial charge on any atom is 0.119 e. The molecule has 0 radical (unpaired) electrons. The van der Waals surface area contributed by atoms with E-state index in [-0.39, 0.29) is 0 Å². The molecule has 0 amide bonds. The van der Waals surface area contributed by atoms with Gasteiger partial charge < -0.3 is 10.1 Å². The molecule has 1 fully saturated rings. The predicted molar refractivity (Wildman–Crippen MR) is 100 cm³/mol. The normalized spacial score (nSPS) is 27.4. The molecule has 1 aliphatic rings. The van der Waals surface area contributed by atoms with Crippen molar-refractivity contribution in [2.75, 3.05) is 19.9 Å². The third kappa shape index (κ3) is 4.57. The minimum absolute atomic E-state index is 0.487. The van der Waals surface area contributed by atoms with E-state index in [1.165, 1.54) is 15.8 Å². The van der Waals surface area contributed by atoms with Crippen LogP contribution in [0.1, 0.15) is 19.4 Å². The highest BCUT2D eigenvalue weighted by atomic mass is 79.9. The Morgan fingerprint density at radius 3 is 2.76 bits per heavy atom. The third-order valence-corrected chi connectivity index (χ3v) is 8.41. The maximum atomic E-state index is 5.35. The Morgan fingerprint density at radius 2 is 2.14 bits per heavy atom. The van der Waals surface area contributed by atoms with Crippen LogP contribution in [0.3, 0.4) is 0 Å². The number of methoxy groups -OCH3 is 1. The number of hydrogen-bond donors (Lipinski definition) is 1. The lowest BCUT2D eigenvalue weighted by molar-refractivity contribution is 0.413. The van der Waals surface area contributed by atoms with Crippen molar-refractivity contribution in [2.24, 2.45) is 0 Å². The molecule has 21 heavy (non-hydrogen) atoms. The Hall–Kier alpha value is 0.160. The number of thioether (sulfide) groups is 2. The standard InChI is InChI=1S/C16H24BrNOS2/c1-10-11(2)21-16(9-20-10)15(18-3)8-12-7-13(19-4)5-6-14(12)17/h5-7,10-11,15-16,18H,8-9H2,1-4H3. The molecule has 1 aliphatic heterocycles. The van der Waals surface area contributed by atoms with E-state index < -0.39 is 0 Å². The fourth-order valence-electron chi connectivity index (χ4n) is 2.51. The molecule has 1 heterocycles. The highest BCUT2D eigenvalue weighted by molar-refractivity contribution is 9.10. The SMILES string of the molecule is CNC(Cc1cc(OC)ccc1Br)C1CSC(C)C(C)S1.